The number of nitrogens with one attached hydrogen (secondary N) is 2. The number of rotatable bonds is 10. The van der Waals surface area contributed by atoms with Crippen molar-refractivity contribution in [2.75, 3.05) is 13.2 Å². The van der Waals surface area contributed by atoms with Crippen LogP contribution in [0.4, 0.5) is 4.79 Å². The van der Waals surface area contributed by atoms with Gasteiger partial charge in [-0.25, -0.2) is 10.2 Å². The Hall–Kier alpha value is -2.41. The van der Waals surface area contributed by atoms with E-state index in [0.29, 0.717) is 26.4 Å². The van der Waals surface area contributed by atoms with Crippen LogP contribution in [0, 0.1) is 0 Å². The van der Waals surface area contributed by atoms with Gasteiger partial charge in [0.1, 0.15) is 5.60 Å². The molecule has 2 aromatic rings. The maximum atomic E-state index is 11.9. The molecule has 2 rings (SSSR count). The molecule has 0 bridgehead atoms. The molecule has 0 radical (unpaired) electrons. The molecule has 0 aliphatic rings. The summed E-state index contributed by atoms with van der Waals surface area (Å²) in [5.41, 5.74) is 7.12. The highest BCUT2D eigenvalue weighted by molar-refractivity contribution is 5.67. The molecule has 1 amide bonds. The number of hydrogen-bond acceptors (Lipinski definition) is 5. The molecule has 0 heterocycles. The Kier molecular flexibility index (Phi) is 8.94. The number of hydrazine groups is 1. The molecule has 0 atom stereocenters. The van der Waals surface area contributed by atoms with Gasteiger partial charge < -0.3 is 14.2 Å². The highest BCUT2D eigenvalue weighted by atomic mass is 16.6. The molecule has 0 unspecified atom stereocenters. The van der Waals surface area contributed by atoms with Gasteiger partial charge in [-0.15, -0.1) is 0 Å². The molecule has 2 N–H and O–H groups in total. The van der Waals surface area contributed by atoms with Crippen LogP contribution in [0.1, 0.15) is 31.9 Å². The summed E-state index contributed by atoms with van der Waals surface area (Å²) in [6.45, 7) is 7.18. The standard InChI is InChI=1S/C22H30N2O4/c1-22(2,3)28-21(25)24-23-20(16-26-14-18-10-6-4-7-11-18)17-27-15-19-12-8-5-9-13-19/h4-13,20,23H,14-17H2,1-3H3,(H,24,25). The minimum absolute atomic E-state index is 0.222. The van der Waals surface area contributed by atoms with E-state index < -0.39 is 11.7 Å². The number of ether oxygens (including phenoxy) is 3. The van der Waals surface area contributed by atoms with Crippen LogP contribution in [-0.4, -0.2) is 30.9 Å². The second-order valence-electron chi connectivity index (χ2n) is 7.47. The van der Waals surface area contributed by atoms with Crippen molar-refractivity contribution in [3.05, 3.63) is 71.8 Å². The Labute approximate surface area is 167 Å². The predicted molar refractivity (Wildman–Crippen MR) is 108 cm³/mol. The molecule has 0 spiro atoms. The molecule has 6 heteroatoms. The number of carbonyl (C=O) groups excluding carboxylic acids is 1. The lowest BCUT2D eigenvalue weighted by Crippen LogP contribution is -2.50. The van der Waals surface area contributed by atoms with Gasteiger partial charge >= 0.3 is 6.09 Å². The van der Waals surface area contributed by atoms with E-state index in [1.165, 1.54) is 0 Å². The Morgan fingerprint density at radius 3 is 1.75 bits per heavy atom. The van der Waals surface area contributed by atoms with E-state index in [0.717, 1.165) is 11.1 Å². The quantitative estimate of drug-likeness (QED) is 0.608. The summed E-state index contributed by atoms with van der Waals surface area (Å²) in [4.78, 5) is 11.9. The lowest BCUT2D eigenvalue weighted by Gasteiger charge is -2.23. The van der Waals surface area contributed by atoms with Gasteiger partial charge in [-0.3, -0.25) is 5.43 Å². The molecule has 6 nitrogen and oxygen atoms in total. The maximum Gasteiger partial charge on any atom is 0.422 e. The number of hydrogen-bond donors (Lipinski definition) is 2. The first-order valence-electron chi connectivity index (χ1n) is 9.40. The molecule has 0 fully saturated rings. The Morgan fingerprint density at radius 1 is 0.857 bits per heavy atom. The van der Waals surface area contributed by atoms with Gasteiger partial charge in [-0.2, -0.15) is 0 Å². The first-order chi connectivity index (χ1) is 13.4. The van der Waals surface area contributed by atoms with Crippen molar-refractivity contribution < 1.29 is 19.0 Å². The molecular formula is C22H30N2O4. The molecular weight excluding hydrogens is 356 g/mol. The fraction of sp³-hybridized carbons (Fsp3) is 0.409. The number of carbonyl (C=O) groups is 1. The van der Waals surface area contributed by atoms with Crippen LogP contribution in [0.25, 0.3) is 0 Å². The van der Waals surface area contributed by atoms with E-state index in [2.05, 4.69) is 10.9 Å². The van der Waals surface area contributed by atoms with Crippen molar-refractivity contribution in [2.45, 2.75) is 45.6 Å². The Balaban J connectivity index is 1.80. The summed E-state index contributed by atoms with van der Waals surface area (Å²) >= 11 is 0. The molecule has 0 saturated heterocycles. The van der Waals surface area contributed by atoms with E-state index in [4.69, 9.17) is 14.2 Å². The fourth-order valence-electron chi connectivity index (χ4n) is 2.38. The van der Waals surface area contributed by atoms with E-state index in [1.54, 1.807) is 0 Å². The first kappa shape index (κ1) is 21.9. The van der Waals surface area contributed by atoms with Crippen molar-refractivity contribution in [1.82, 2.24) is 10.9 Å². The second kappa shape index (κ2) is 11.4. The van der Waals surface area contributed by atoms with Crippen LogP contribution in [0.15, 0.2) is 60.7 Å². The largest absolute Gasteiger partial charge is 0.443 e. The van der Waals surface area contributed by atoms with Crippen LogP contribution >= 0.6 is 0 Å². The summed E-state index contributed by atoms with van der Waals surface area (Å²) in [7, 11) is 0. The smallest absolute Gasteiger partial charge is 0.422 e. The Bertz CT molecular complexity index is 641. The van der Waals surface area contributed by atoms with Crippen LogP contribution in [0.2, 0.25) is 0 Å². The Morgan fingerprint density at radius 2 is 1.32 bits per heavy atom. The van der Waals surface area contributed by atoms with Crippen LogP contribution < -0.4 is 10.9 Å². The van der Waals surface area contributed by atoms with E-state index in [1.807, 2.05) is 81.4 Å². The third-order valence-electron chi connectivity index (χ3n) is 3.64. The van der Waals surface area contributed by atoms with Gasteiger partial charge in [0, 0.05) is 0 Å². The number of amides is 1. The molecule has 0 aromatic heterocycles. The third kappa shape index (κ3) is 9.50. The van der Waals surface area contributed by atoms with E-state index in [9.17, 15) is 4.79 Å². The minimum Gasteiger partial charge on any atom is -0.443 e. The topological polar surface area (TPSA) is 68.8 Å². The summed E-state index contributed by atoms with van der Waals surface area (Å²) in [5, 5.41) is 0. The zero-order chi connectivity index (χ0) is 20.2. The van der Waals surface area contributed by atoms with Gasteiger partial charge in [-0.05, 0) is 31.9 Å². The van der Waals surface area contributed by atoms with Crippen molar-refractivity contribution in [1.29, 1.82) is 0 Å². The van der Waals surface area contributed by atoms with Crippen molar-refractivity contribution in [3.63, 3.8) is 0 Å². The molecule has 0 aliphatic heterocycles. The second-order valence-corrected chi connectivity index (χ2v) is 7.47. The molecule has 0 saturated carbocycles. The number of benzene rings is 2. The normalized spacial score (nSPS) is 11.4. The average molecular weight is 386 g/mol. The lowest BCUT2D eigenvalue weighted by molar-refractivity contribution is 0.0275. The lowest BCUT2D eigenvalue weighted by atomic mass is 10.2. The van der Waals surface area contributed by atoms with E-state index >= 15 is 0 Å². The summed E-state index contributed by atoms with van der Waals surface area (Å²) in [6, 6.07) is 19.6. The van der Waals surface area contributed by atoms with Gasteiger partial charge in [0.05, 0.1) is 32.5 Å². The third-order valence-corrected chi connectivity index (χ3v) is 3.64. The zero-order valence-electron chi connectivity index (χ0n) is 16.8. The summed E-state index contributed by atoms with van der Waals surface area (Å²) in [5.74, 6) is 0. The summed E-state index contributed by atoms with van der Waals surface area (Å²) in [6.07, 6.45) is -0.538. The van der Waals surface area contributed by atoms with Crippen molar-refractivity contribution in [3.8, 4) is 0 Å². The van der Waals surface area contributed by atoms with Crippen LogP contribution in [0.3, 0.4) is 0 Å². The molecule has 0 aliphatic carbocycles. The van der Waals surface area contributed by atoms with Crippen molar-refractivity contribution >= 4 is 6.09 Å². The molecule has 28 heavy (non-hydrogen) atoms. The highest BCUT2D eigenvalue weighted by Gasteiger charge is 2.17. The average Bonchev–Trinajstić information content (AvgIpc) is 2.66. The van der Waals surface area contributed by atoms with Gasteiger partial charge in [0.25, 0.3) is 0 Å². The zero-order valence-corrected chi connectivity index (χ0v) is 16.8. The van der Waals surface area contributed by atoms with Crippen LogP contribution in [0.5, 0.6) is 0 Å². The SMILES string of the molecule is CC(C)(C)OC(=O)NNC(COCc1ccccc1)COCc1ccccc1. The van der Waals surface area contributed by atoms with Crippen molar-refractivity contribution in [2.24, 2.45) is 0 Å². The van der Waals surface area contributed by atoms with Gasteiger partial charge in [-0.1, -0.05) is 60.7 Å². The molecule has 152 valence electrons. The fourth-order valence-corrected chi connectivity index (χ4v) is 2.38. The highest BCUT2D eigenvalue weighted by Crippen LogP contribution is 2.06. The monoisotopic (exact) mass is 386 g/mol. The maximum absolute atomic E-state index is 11.9. The van der Waals surface area contributed by atoms with Gasteiger partial charge in [0.15, 0.2) is 0 Å². The minimum atomic E-state index is -0.561. The predicted octanol–water partition coefficient (Wildman–Crippen LogP) is 3.82. The van der Waals surface area contributed by atoms with Crippen LogP contribution in [-0.2, 0) is 27.4 Å². The first-order valence-corrected chi connectivity index (χ1v) is 9.40. The van der Waals surface area contributed by atoms with Gasteiger partial charge in [0.2, 0.25) is 0 Å². The summed E-state index contributed by atoms with van der Waals surface area (Å²) < 4.78 is 16.8. The molecule has 2 aromatic carbocycles. The van der Waals surface area contributed by atoms with E-state index in [-0.39, 0.29) is 6.04 Å².